The van der Waals surface area contributed by atoms with E-state index in [-0.39, 0.29) is 11.7 Å². The molecule has 1 aliphatic rings. The predicted molar refractivity (Wildman–Crippen MR) is 102 cm³/mol. The van der Waals surface area contributed by atoms with Gasteiger partial charge in [-0.15, -0.1) is 0 Å². The van der Waals surface area contributed by atoms with Crippen molar-refractivity contribution in [1.82, 2.24) is 14.1 Å². The van der Waals surface area contributed by atoms with Gasteiger partial charge in [-0.2, -0.15) is 0 Å². The first-order valence-electron chi connectivity index (χ1n) is 9.05. The highest BCUT2D eigenvalue weighted by Crippen LogP contribution is 2.27. The van der Waals surface area contributed by atoms with Crippen molar-refractivity contribution in [1.29, 1.82) is 0 Å². The first-order valence-corrected chi connectivity index (χ1v) is 9.05. The molecule has 0 saturated carbocycles. The molecule has 0 amide bonds. The van der Waals surface area contributed by atoms with Crippen LogP contribution in [0.2, 0.25) is 0 Å². The van der Waals surface area contributed by atoms with Gasteiger partial charge in [-0.3, -0.25) is 4.79 Å². The third kappa shape index (κ3) is 2.95. The van der Waals surface area contributed by atoms with Crippen LogP contribution in [0.25, 0.3) is 22.4 Å². The second-order valence-electron chi connectivity index (χ2n) is 7.04. The molecule has 0 radical (unpaired) electrons. The molecule has 0 spiro atoms. The van der Waals surface area contributed by atoms with E-state index >= 15 is 0 Å². The monoisotopic (exact) mass is 352 g/mol. The number of aryl methyl sites for hydroxylation is 2. The van der Waals surface area contributed by atoms with Gasteiger partial charge in [0.25, 0.3) is 5.56 Å². The minimum Gasteiger partial charge on any atom is -0.376 e. The quantitative estimate of drug-likeness (QED) is 0.782. The zero-order valence-corrected chi connectivity index (χ0v) is 15.2. The van der Waals surface area contributed by atoms with Crippen LogP contribution >= 0.6 is 0 Å². The Morgan fingerprint density at radius 2 is 2.19 bits per heavy atom. The molecular weight excluding hydrogens is 328 g/mol. The highest BCUT2D eigenvalue weighted by atomic mass is 16.5. The molecule has 0 unspecified atom stereocenters. The van der Waals surface area contributed by atoms with Crippen LogP contribution in [-0.2, 0) is 24.9 Å². The number of nitrogens with two attached hydrogens (primary N) is 1. The largest absolute Gasteiger partial charge is 0.376 e. The number of hydrogen-bond acceptors (Lipinski definition) is 4. The van der Waals surface area contributed by atoms with Crippen LogP contribution in [0.1, 0.15) is 24.0 Å². The van der Waals surface area contributed by atoms with Crippen molar-refractivity contribution >= 4 is 11.0 Å². The number of ether oxygens (including phenoxy) is 1. The minimum absolute atomic E-state index is 0.0148. The van der Waals surface area contributed by atoms with E-state index in [4.69, 9.17) is 15.5 Å². The maximum Gasteiger partial charge on any atom is 0.253 e. The summed E-state index contributed by atoms with van der Waals surface area (Å²) >= 11 is 0. The highest BCUT2D eigenvalue weighted by molar-refractivity contribution is 5.81. The van der Waals surface area contributed by atoms with Crippen LogP contribution in [0.3, 0.4) is 0 Å². The van der Waals surface area contributed by atoms with Crippen molar-refractivity contribution in [2.75, 3.05) is 6.61 Å². The molecule has 6 heteroatoms. The summed E-state index contributed by atoms with van der Waals surface area (Å²) in [7, 11) is 1.78. The van der Waals surface area contributed by atoms with E-state index in [1.54, 1.807) is 11.6 Å². The number of rotatable bonds is 4. The number of fused-ring (bicyclic) bond motifs is 1. The standard InChI is InChI=1S/C20H24N4O2/c1-13-8-15(11-23(2)20(13)25)19-22-17-9-14(10-21)5-6-18(17)24(19)12-16-4-3-7-26-16/h5-6,8-9,11,16H,3-4,7,10,12,21H2,1-2H3/t16-/m0/s1. The summed E-state index contributed by atoms with van der Waals surface area (Å²) in [5.41, 5.74) is 10.5. The number of aromatic nitrogens is 3. The zero-order chi connectivity index (χ0) is 18.3. The molecular formula is C20H24N4O2. The Kier molecular flexibility index (Phi) is 4.38. The van der Waals surface area contributed by atoms with Gasteiger partial charge in [-0.05, 0) is 43.5 Å². The molecule has 2 aromatic heterocycles. The molecule has 6 nitrogen and oxygen atoms in total. The summed E-state index contributed by atoms with van der Waals surface area (Å²) in [6.07, 6.45) is 4.22. The lowest BCUT2D eigenvalue weighted by atomic mass is 10.2. The summed E-state index contributed by atoms with van der Waals surface area (Å²) in [6, 6.07) is 8.09. The van der Waals surface area contributed by atoms with Crippen molar-refractivity contribution in [3.8, 4) is 11.4 Å². The van der Waals surface area contributed by atoms with Gasteiger partial charge in [0.2, 0.25) is 0 Å². The van der Waals surface area contributed by atoms with Gasteiger partial charge in [-0.25, -0.2) is 4.98 Å². The molecule has 136 valence electrons. The number of nitrogens with zero attached hydrogens (tertiary/aromatic N) is 3. The van der Waals surface area contributed by atoms with Gasteiger partial charge < -0.3 is 19.6 Å². The summed E-state index contributed by atoms with van der Waals surface area (Å²) in [6.45, 7) is 3.91. The third-order valence-electron chi connectivity index (χ3n) is 5.08. The lowest BCUT2D eigenvalue weighted by Crippen LogP contribution is -2.20. The van der Waals surface area contributed by atoms with Gasteiger partial charge in [0, 0.05) is 37.5 Å². The maximum atomic E-state index is 12.1. The van der Waals surface area contributed by atoms with Gasteiger partial charge in [-0.1, -0.05) is 6.07 Å². The number of pyridine rings is 1. The lowest BCUT2D eigenvalue weighted by Gasteiger charge is -2.15. The van der Waals surface area contributed by atoms with E-state index in [9.17, 15) is 4.79 Å². The van der Waals surface area contributed by atoms with Crippen LogP contribution in [0.15, 0.2) is 35.3 Å². The Morgan fingerprint density at radius 3 is 2.88 bits per heavy atom. The number of benzene rings is 1. The van der Waals surface area contributed by atoms with Crippen LogP contribution in [-0.4, -0.2) is 26.8 Å². The molecule has 1 aliphatic heterocycles. The second-order valence-corrected chi connectivity index (χ2v) is 7.04. The molecule has 0 aliphatic carbocycles. The first kappa shape index (κ1) is 17.0. The normalized spacial score (nSPS) is 17.3. The van der Waals surface area contributed by atoms with E-state index < -0.39 is 0 Å². The van der Waals surface area contributed by atoms with Crippen molar-refractivity contribution < 1.29 is 4.74 Å². The SMILES string of the molecule is Cc1cc(-c2nc3cc(CN)ccc3n2C[C@@H]2CCCO2)cn(C)c1=O. The third-order valence-corrected chi connectivity index (χ3v) is 5.08. The van der Waals surface area contributed by atoms with Gasteiger partial charge in [0.15, 0.2) is 0 Å². The zero-order valence-electron chi connectivity index (χ0n) is 15.2. The number of hydrogen-bond donors (Lipinski definition) is 1. The van der Waals surface area contributed by atoms with Crippen molar-refractivity contribution in [3.05, 3.63) is 51.9 Å². The van der Waals surface area contributed by atoms with E-state index in [0.29, 0.717) is 12.1 Å². The fourth-order valence-corrected chi connectivity index (χ4v) is 3.70. The van der Waals surface area contributed by atoms with Crippen LogP contribution in [0, 0.1) is 6.92 Å². The van der Waals surface area contributed by atoms with E-state index in [0.717, 1.165) is 54.0 Å². The molecule has 0 bridgehead atoms. The Balaban J connectivity index is 1.90. The van der Waals surface area contributed by atoms with Crippen LogP contribution in [0.5, 0.6) is 0 Å². The first-order chi connectivity index (χ1) is 12.6. The lowest BCUT2D eigenvalue weighted by molar-refractivity contribution is 0.0982. The fraction of sp³-hybridized carbons (Fsp3) is 0.400. The molecule has 3 aromatic rings. The molecule has 4 rings (SSSR count). The Labute approximate surface area is 152 Å². The van der Waals surface area contributed by atoms with Crippen LogP contribution < -0.4 is 11.3 Å². The van der Waals surface area contributed by atoms with Crippen molar-refractivity contribution in [2.24, 2.45) is 12.8 Å². The molecule has 1 aromatic carbocycles. The minimum atomic E-state index is 0.0148. The smallest absolute Gasteiger partial charge is 0.253 e. The van der Waals surface area contributed by atoms with Gasteiger partial charge in [0.05, 0.1) is 23.7 Å². The maximum absolute atomic E-state index is 12.1. The van der Waals surface area contributed by atoms with E-state index in [2.05, 4.69) is 10.6 Å². The summed E-state index contributed by atoms with van der Waals surface area (Å²) in [4.78, 5) is 17.0. The molecule has 1 fully saturated rings. The predicted octanol–water partition coefficient (Wildman–Crippen LogP) is 2.35. The summed E-state index contributed by atoms with van der Waals surface area (Å²) < 4.78 is 9.68. The Morgan fingerprint density at radius 1 is 1.35 bits per heavy atom. The molecule has 1 atom stereocenters. The van der Waals surface area contributed by atoms with Crippen molar-refractivity contribution in [2.45, 2.75) is 39.0 Å². The molecule has 1 saturated heterocycles. The van der Waals surface area contributed by atoms with Gasteiger partial charge >= 0.3 is 0 Å². The van der Waals surface area contributed by atoms with Crippen molar-refractivity contribution in [3.63, 3.8) is 0 Å². The molecule has 2 N–H and O–H groups in total. The average molecular weight is 352 g/mol. The molecule has 3 heterocycles. The van der Waals surface area contributed by atoms with Gasteiger partial charge in [0.1, 0.15) is 5.82 Å². The summed E-state index contributed by atoms with van der Waals surface area (Å²) in [5.74, 6) is 0.864. The number of imidazole rings is 1. The Bertz CT molecular complexity index is 986. The van der Waals surface area contributed by atoms with Crippen LogP contribution in [0.4, 0.5) is 0 Å². The molecule has 26 heavy (non-hydrogen) atoms. The highest BCUT2D eigenvalue weighted by Gasteiger charge is 2.21. The Hall–Kier alpha value is -2.44. The average Bonchev–Trinajstić information content (AvgIpc) is 3.27. The fourth-order valence-electron chi connectivity index (χ4n) is 3.70. The second kappa shape index (κ2) is 6.70. The summed E-state index contributed by atoms with van der Waals surface area (Å²) in [5, 5.41) is 0. The topological polar surface area (TPSA) is 75.1 Å². The van der Waals surface area contributed by atoms with E-state index in [1.807, 2.05) is 31.3 Å². The van der Waals surface area contributed by atoms with E-state index in [1.165, 1.54) is 0 Å².